The fraction of sp³-hybridized carbons (Fsp3) is 0.542. The lowest BCUT2D eigenvalue weighted by Gasteiger charge is -2.19. The highest BCUT2D eigenvalue weighted by Crippen LogP contribution is 2.39. The number of carbonyl (C=O) groups is 1. The van der Waals surface area contributed by atoms with Gasteiger partial charge in [0.25, 0.3) is 5.91 Å². The molecule has 1 amide bonds. The second-order valence-electron chi connectivity index (χ2n) is 9.24. The summed E-state index contributed by atoms with van der Waals surface area (Å²) in [5.41, 5.74) is 2.67. The van der Waals surface area contributed by atoms with Crippen molar-refractivity contribution in [1.29, 1.82) is 0 Å². The third-order valence-electron chi connectivity index (χ3n) is 6.33. The zero-order chi connectivity index (χ0) is 23.6. The number of amides is 1. The highest BCUT2D eigenvalue weighted by atomic mass is 32.2. The van der Waals surface area contributed by atoms with E-state index in [4.69, 9.17) is 4.74 Å². The first-order valence-electron chi connectivity index (χ1n) is 11.5. The van der Waals surface area contributed by atoms with Gasteiger partial charge in [-0.3, -0.25) is 4.79 Å². The Bertz CT molecular complexity index is 1110. The van der Waals surface area contributed by atoms with Gasteiger partial charge in [-0.2, -0.15) is 0 Å². The van der Waals surface area contributed by atoms with Crippen molar-refractivity contribution in [2.75, 3.05) is 30.0 Å². The average Bonchev–Trinajstić information content (AvgIpc) is 3.29. The average molecular weight is 493 g/mol. The molecular weight excluding hydrogens is 460 g/mol. The lowest BCUT2D eigenvalue weighted by molar-refractivity contribution is 0.0940. The van der Waals surface area contributed by atoms with Crippen LogP contribution in [0.3, 0.4) is 0 Å². The molecule has 33 heavy (non-hydrogen) atoms. The number of hydrogen-bond donors (Lipinski definition) is 3. The summed E-state index contributed by atoms with van der Waals surface area (Å²) in [4.78, 5) is 14.4. The first kappa shape index (κ1) is 24.0. The molecule has 1 aromatic carbocycles. The Hall–Kier alpha value is -2.10. The smallest absolute Gasteiger partial charge is 0.254 e. The van der Waals surface area contributed by atoms with Gasteiger partial charge in [-0.15, -0.1) is 11.3 Å². The summed E-state index contributed by atoms with van der Waals surface area (Å²) < 4.78 is 29.4. The van der Waals surface area contributed by atoms with Crippen molar-refractivity contribution >= 4 is 32.1 Å². The van der Waals surface area contributed by atoms with Crippen molar-refractivity contribution in [2.45, 2.75) is 51.7 Å². The van der Waals surface area contributed by atoms with E-state index in [0.717, 1.165) is 41.1 Å². The number of ether oxygens (including phenoxy) is 1. The summed E-state index contributed by atoms with van der Waals surface area (Å²) in [6, 6.07) is 7.31. The van der Waals surface area contributed by atoms with Crippen LogP contribution < -0.4 is 15.4 Å². The van der Waals surface area contributed by atoms with Crippen molar-refractivity contribution in [2.24, 2.45) is 5.92 Å². The minimum atomic E-state index is -3.07. The summed E-state index contributed by atoms with van der Waals surface area (Å²) in [5.74, 6) is 1.20. The van der Waals surface area contributed by atoms with Gasteiger partial charge in [0.2, 0.25) is 0 Å². The molecule has 0 spiro atoms. The molecule has 0 radical (unpaired) electrons. The van der Waals surface area contributed by atoms with Crippen LogP contribution >= 0.6 is 11.3 Å². The number of anilines is 1. The fourth-order valence-corrected chi connectivity index (χ4v) is 7.54. The standard InChI is InChI=1S/C24H32N2O5S2/c1-15-7-8-19-21(11-15)32-24(22(19)23(28)26-17-9-10-33(29,30)14-17)25-12-18(27)13-31-20-6-4-3-5-16(20)2/h3-6,15,17-18,25,27H,7-14H2,1-2H3,(H,26,28). The predicted molar refractivity (Wildman–Crippen MR) is 131 cm³/mol. The van der Waals surface area contributed by atoms with Crippen molar-refractivity contribution in [3.8, 4) is 5.75 Å². The van der Waals surface area contributed by atoms with E-state index in [1.807, 2.05) is 31.2 Å². The second-order valence-corrected chi connectivity index (χ2v) is 12.6. The largest absolute Gasteiger partial charge is 0.491 e. The van der Waals surface area contributed by atoms with Gasteiger partial charge >= 0.3 is 0 Å². The maximum atomic E-state index is 13.2. The molecule has 1 aliphatic heterocycles. The molecule has 1 saturated heterocycles. The first-order valence-corrected chi connectivity index (χ1v) is 14.1. The highest BCUT2D eigenvalue weighted by molar-refractivity contribution is 7.91. The number of rotatable bonds is 8. The number of aryl methyl sites for hydroxylation is 1. The van der Waals surface area contributed by atoms with Crippen LogP contribution in [0.1, 0.15) is 46.1 Å². The molecule has 3 unspecified atom stereocenters. The second kappa shape index (κ2) is 10.0. The monoisotopic (exact) mass is 492 g/mol. The van der Waals surface area contributed by atoms with Crippen LogP contribution in [-0.4, -0.2) is 56.2 Å². The Morgan fingerprint density at radius 1 is 1.30 bits per heavy atom. The molecule has 3 atom stereocenters. The molecule has 2 aliphatic rings. The predicted octanol–water partition coefficient (Wildman–Crippen LogP) is 2.95. The molecule has 4 rings (SSSR count). The lowest BCUT2D eigenvalue weighted by atomic mass is 9.88. The van der Waals surface area contributed by atoms with E-state index in [0.29, 0.717) is 17.9 Å². The number of benzene rings is 1. The fourth-order valence-electron chi connectivity index (χ4n) is 4.46. The Morgan fingerprint density at radius 2 is 2.09 bits per heavy atom. The Balaban J connectivity index is 1.44. The summed E-state index contributed by atoms with van der Waals surface area (Å²) in [7, 11) is -3.07. The topological polar surface area (TPSA) is 105 Å². The van der Waals surface area contributed by atoms with E-state index < -0.39 is 15.9 Å². The summed E-state index contributed by atoms with van der Waals surface area (Å²) in [6.07, 6.45) is 2.49. The molecule has 3 N–H and O–H groups in total. The van der Waals surface area contributed by atoms with Gasteiger partial charge in [0.05, 0.1) is 17.1 Å². The van der Waals surface area contributed by atoms with Crippen LogP contribution in [0.2, 0.25) is 0 Å². The maximum absolute atomic E-state index is 13.2. The number of hydrogen-bond acceptors (Lipinski definition) is 7. The molecular formula is C24H32N2O5S2. The third-order valence-corrected chi connectivity index (χ3v) is 9.31. The van der Waals surface area contributed by atoms with E-state index in [2.05, 4.69) is 17.6 Å². The molecule has 2 heterocycles. The van der Waals surface area contributed by atoms with Crippen molar-refractivity contribution < 1.29 is 23.1 Å². The third kappa shape index (κ3) is 5.88. The number of aliphatic hydroxyl groups excluding tert-OH is 1. The number of carbonyl (C=O) groups excluding carboxylic acids is 1. The van der Waals surface area contributed by atoms with Gasteiger partial charge in [-0.1, -0.05) is 25.1 Å². The molecule has 1 fully saturated rings. The highest BCUT2D eigenvalue weighted by Gasteiger charge is 2.32. The number of para-hydroxylation sites is 1. The molecule has 7 nitrogen and oxygen atoms in total. The van der Waals surface area contributed by atoms with E-state index >= 15 is 0 Å². The molecule has 1 aliphatic carbocycles. The molecule has 0 saturated carbocycles. The van der Waals surface area contributed by atoms with E-state index in [1.165, 1.54) is 4.88 Å². The first-order chi connectivity index (χ1) is 15.7. The van der Waals surface area contributed by atoms with Gasteiger partial charge in [0.15, 0.2) is 9.84 Å². The molecule has 1 aromatic heterocycles. The molecule has 9 heteroatoms. The van der Waals surface area contributed by atoms with Crippen molar-refractivity contribution in [3.63, 3.8) is 0 Å². The van der Waals surface area contributed by atoms with Gasteiger partial charge in [0, 0.05) is 17.5 Å². The zero-order valence-electron chi connectivity index (χ0n) is 19.1. The SMILES string of the molecule is Cc1ccccc1OCC(O)CNc1sc2c(c1C(=O)NC1CCS(=O)(=O)C1)CCC(C)C2. The van der Waals surface area contributed by atoms with Crippen molar-refractivity contribution in [1.82, 2.24) is 5.32 Å². The van der Waals surface area contributed by atoms with E-state index in [-0.39, 0.29) is 36.6 Å². The number of sulfone groups is 1. The summed E-state index contributed by atoms with van der Waals surface area (Å²) in [5, 5.41) is 17.4. The molecule has 180 valence electrons. The molecule has 0 bridgehead atoms. The van der Waals surface area contributed by atoms with Crippen LogP contribution in [0.5, 0.6) is 5.75 Å². The van der Waals surface area contributed by atoms with Crippen LogP contribution in [0, 0.1) is 12.8 Å². The Labute approximate surface area is 199 Å². The number of aliphatic hydroxyl groups is 1. The zero-order valence-corrected chi connectivity index (χ0v) is 20.7. The quantitative estimate of drug-likeness (QED) is 0.523. The minimum absolute atomic E-state index is 0.000179. The van der Waals surface area contributed by atoms with Crippen molar-refractivity contribution in [3.05, 3.63) is 45.8 Å². The number of nitrogens with one attached hydrogen (secondary N) is 2. The summed E-state index contributed by atoms with van der Waals surface area (Å²) >= 11 is 1.57. The summed E-state index contributed by atoms with van der Waals surface area (Å²) in [6.45, 7) is 4.56. The van der Waals surface area contributed by atoms with Gasteiger partial charge in [0.1, 0.15) is 23.5 Å². The maximum Gasteiger partial charge on any atom is 0.254 e. The normalized spacial score (nSPS) is 22.4. The van der Waals surface area contributed by atoms with E-state index in [9.17, 15) is 18.3 Å². The Kier molecular flexibility index (Phi) is 7.31. The van der Waals surface area contributed by atoms with Gasteiger partial charge < -0.3 is 20.5 Å². The van der Waals surface area contributed by atoms with Crippen LogP contribution in [0.4, 0.5) is 5.00 Å². The van der Waals surface area contributed by atoms with Crippen LogP contribution in [-0.2, 0) is 22.7 Å². The van der Waals surface area contributed by atoms with Crippen LogP contribution in [0.25, 0.3) is 0 Å². The van der Waals surface area contributed by atoms with Gasteiger partial charge in [-0.05, 0) is 55.7 Å². The van der Waals surface area contributed by atoms with Gasteiger partial charge in [-0.25, -0.2) is 8.42 Å². The van der Waals surface area contributed by atoms with Crippen LogP contribution in [0.15, 0.2) is 24.3 Å². The number of fused-ring (bicyclic) bond motifs is 1. The number of thiophene rings is 1. The van der Waals surface area contributed by atoms with E-state index in [1.54, 1.807) is 11.3 Å². The minimum Gasteiger partial charge on any atom is -0.491 e. The lowest BCUT2D eigenvalue weighted by Crippen LogP contribution is -2.36. The Morgan fingerprint density at radius 3 is 2.82 bits per heavy atom. The molecule has 2 aromatic rings.